The summed E-state index contributed by atoms with van der Waals surface area (Å²) in [6.45, 7) is 1.90. The fraction of sp³-hybridized carbons (Fsp3) is 0.500. The highest BCUT2D eigenvalue weighted by Crippen LogP contribution is 2.17. The van der Waals surface area contributed by atoms with Crippen LogP contribution in [0.3, 0.4) is 0 Å². The second-order valence-electron chi connectivity index (χ2n) is 4.72. The van der Waals surface area contributed by atoms with Gasteiger partial charge >= 0.3 is 0 Å². The second-order valence-corrected chi connectivity index (χ2v) is 4.72. The molecular formula is C14H20N2O. The predicted octanol–water partition coefficient (Wildman–Crippen LogP) is 2.55. The first-order chi connectivity index (χ1) is 8.25. The largest absolute Gasteiger partial charge is 0.374 e. The van der Waals surface area contributed by atoms with Crippen molar-refractivity contribution in [3.63, 3.8) is 0 Å². The average Bonchev–Trinajstić information content (AvgIpc) is 2.83. The van der Waals surface area contributed by atoms with Gasteiger partial charge in [0.1, 0.15) is 6.04 Å². The van der Waals surface area contributed by atoms with Crippen LogP contribution in [-0.2, 0) is 4.79 Å². The number of carbonyl (C=O) groups is 1. The summed E-state index contributed by atoms with van der Waals surface area (Å²) < 4.78 is 0. The highest BCUT2D eigenvalue weighted by atomic mass is 16.2. The van der Waals surface area contributed by atoms with Gasteiger partial charge in [-0.05, 0) is 31.9 Å². The first-order valence-corrected chi connectivity index (χ1v) is 6.37. The van der Waals surface area contributed by atoms with Gasteiger partial charge in [0.25, 0.3) is 0 Å². The molecule has 1 aromatic carbocycles. The molecule has 0 spiro atoms. The minimum atomic E-state index is -0.182. The zero-order valence-corrected chi connectivity index (χ0v) is 10.3. The van der Waals surface area contributed by atoms with E-state index in [-0.39, 0.29) is 11.9 Å². The minimum Gasteiger partial charge on any atom is -0.374 e. The summed E-state index contributed by atoms with van der Waals surface area (Å²) in [5.41, 5.74) is 0.988. The number of benzene rings is 1. The molecule has 1 atom stereocenters. The molecule has 92 valence electrons. The highest BCUT2D eigenvalue weighted by molar-refractivity contribution is 5.84. The molecule has 0 unspecified atom stereocenters. The molecule has 0 radical (unpaired) electrons. The van der Waals surface area contributed by atoms with Gasteiger partial charge in [-0.3, -0.25) is 4.79 Å². The Morgan fingerprint density at radius 1 is 1.24 bits per heavy atom. The van der Waals surface area contributed by atoms with Crippen molar-refractivity contribution >= 4 is 11.6 Å². The molecule has 17 heavy (non-hydrogen) atoms. The van der Waals surface area contributed by atoms with Crippen molar-refractivity contribution in [2.24, 2.45) is 0 Å². The number of carbonyl (C=O) groups excluding carboxylic acids is 1. The zero-order valence-electron chi connectivity index (χ0n) is 10.3. The number of hydrogen-bond acceptors (Lipinski definition) is 2. The van der Waals surface area contributed by atoms with Crippen LogP contribution in [0.2, 0.25) is 0 Å². The summed E-state index contributed by atoms with van der Waals surface area (Å²) in [6, 6.07) is 10.0. The lowest BCUT2D eigenvalue weighted by Gasteiger charge is -2.18. The Hall–Kier alpha value is -1.51. The van der Waals surface area contributed by atoms with E-state index in [1.54, 1.807) is 0 Å². The Bertz CT molecular complexity index is 358. The van der Waals surface area contributed by atoms with Crippen LogP contribution in [0, 0.1) is 0 Å². The third-order valence-electron chi connectivity index (χ3n) is 3.25. The zero-order chi connectivity index (χ0) is 12.1. The van der Waals surface area contributed by atoms with Crippen molar-refractivity contribution in [2.45, 2.75) is 44.7 Å². The summed E-state index contributed by atoms with van der Waals surface area (Å²) in [7, 11) is 0. The lowest BCUT2D eigenvalue weighted by molar-refractivity contribution is -0.122. The normalized spacial score (nSPS) is 17.7. The molecule has 2 N–H and O–H groups in total. The van der Waals surface area contributed by atoms with Crippen molar-refractivity contribution in [3.8, 4) is 0 Å². The van der Waals surface area contributed by atoms with Crippen LogP contribution >= 0.6 is 0 Å². The Labute approximate surface area is 103 Å². The van der Waals surface area contributed by atoms with Gasteiger partial charge in [-0.15, -0.1) is 0 Å². The van der Waals surface area contributed by atoms with Gasteiger partial charge < -0.3 is 10.6 Å². The van der Waals surface area contributed by atoms with Crippen molar-refractivity contribution in [2.75, 3.05) is 5.32 Å². The molecule has 2 rings (SSSR count). The third-order valence-corrected chi connectivity index (χ3v) is 3.25. The molecule has 3 nitrogen and oxygen atoms in total. The van der Waals surface area contributed by atoms with E-state index in [4.69, 9.17) is 0 Å². The fourth-order valence-electron chi connectivity index (χ4n) is 2.25. The molecule has 1 aliphatic carbocycles. The van der Waals surface area contributed by atoms with Crippen LogP contribution in [0.25, 0.3) is 0 Å². The van der Waals surface area contributed by atoms with E-state index in [0.717, 1.165) is 18.5 Å². The molecule has 1 saturated carbocycles. The van der Waals surface area contributed by atoms with E-state index in [1.807, 2.05) is 37.3 Å². The topological polar surface area (TPSA) is 41.1 Å². The lowest BCUT2D eigenvalue weighted by atomic mass is 10.2. The van der Waals surface area contributed by atoms with Gasteiger partial charge in [0, 0.05) is 11.7 Å². The van der Waals surface area contributed by atoms with E-state index in [2.05, 4.69) is 10.6 Å². The lowest BCUT2D eigenvalue weighted by Crippen LogP contribution is -2.42. The molecule has 0 aliphatic heterocycles. The summed E-state index contributed by atoms with van der Waals surface area (Å²) in [5.74, 6) is 0.0979. The SMILES string of the molecule is C[C@H](Nc1ccccc1)C(=O)NC1CCCC1. The smallest absolute Gasteiger partial charge is 0.242 e. The van der Waals surface area contributed by atoms with E-state index < -0.39 is 0 Å². The maximum atomic E-state index is 11.9. The van der Waals surface area contributed by atoms with Gasteiger partial charge in [-0.2, -0.15) is 0 Å². The number of amides is 1. The maximum Gasteiger partial charge on any atom is 0.242 e. The number of anilines is 1. The van der Waals surface area contributed by atoms with E-state index >= 15 is 0 Å². The predicted molar refractivity (Wildman–Crippen MR) is 69.9 cm³/mol. The number of para-hydroxylation sites is 1. The van der Waals surface area contributed by atoms with Crippen LogP contribution in [-0.4, -0.2) is 18.0 Å². The Kier molecular flexibility index (Phi) is 4.02. The van der Waals surface area contributed by atoms with Gasteiger partial charge in [0.15, 0.2) is 0 Å². The van der Waals surface area contributed by atoms with Crippen LogP contribution in [0.1, 0.15) is 32.6 Å². The monoisotopic (exact) mass is 232 g/mol. The Balaban J connectivity index is 1.82. The van der Waals surface area contributed by atoms with Crippen molar-refractivity contribution in [1.29, 1.82) is 0 Å². The molecule has 1 amide bonds. The molecule has 1 fully saturated rings. The summed E-state index contributed by atoms with van der Waals surface area (Å²) in [6.07, 6.45) is 4.74. The van der Waals surface area contributed by atoms with Gasteiger partial charge in [0.05, 0.1) is 0 Å². The van der Waals surface area contributed by atoms with E-state index in [9.17, 15) is 4.79 Å². The highest BCUT2D eigenvalue weighted by Gasteiger charge is 2.20. The quantitative estimate of drug-likeness (QED) is 0.837. The van der Waals surface area contributed by atoms with Crippen molar-refractivity contribution in [3.05, 3.63) is 30.3 Å². The minimum absolute atomic E-state index is 0.0979. The summed E-state index contributed by atoms with van der Waals surface area (Å²) >= 11 is 0. The second kappa shape index (κ2) is 5.71. The van der Waals surface area contributed by atoms with Crippen LogP contribution in [0.4, 0.5) is 5.69 Å². The van der Waals surface area contributed by atoms with Gasteiger partial charge in [0.2, 0.25) is 5.91 Å². The maximum absolute atomic E-state index is 11.9. The van der Waals surface area contributed by atoms with Crippen LogP contribution in [0.5, 0.6) is 0 Å². The third kappa shape index (κ3) is 3.48. The average molecular weight is 232 g/mol. The van der Waals surface area contributed by atoms with Crippen LogP contribution in [0.15, 0.2) is 30.3 Å². The number of nitrogens with one attached hydrogen (secondary N) is 2. The first kappa shape index (κ1) is 12.0. The molecule has 0 saturated heterocycles. The molecule has 3 heteroatoms. The molecule has 0 heterocycles. The summed E-state index contributed by atoms with van der Waals surface area (Å²) in [5, 5.41) is 6.30. The fourth-order valence-corrected chi connectivity index (χ4v) is 2.25. The van der Waals surface area contributed by atoms with Gasteiger partial charge in [-0.1, -0.05) is 31.0 Å². The van der Waals surface area contributed by atoms with Crippen molar-refractivity contribution in [1.82, 2.24) is 5.32 Å². The standard InChI is InChI=1S/C14H20N2O/c1-11(15-12-7-3-2-4-8-12)14(17)16-13-9-5-6-10-13/h2-4,7-8,11,13,15H,5-6,9-10H2,1H3,(H,16,17)/t11-/m0/s1. The van der Waals surface area contributed by atoms with E-state index in [1.165, 1.54) is 12.8 Å². The number of hydrogen-bond donors (Lipinski definition) is 2. The van der Waals surface area contributed by atoms with Gasteiger partial charge in [-0.25, -0.2) is 0 Å². The molecule has 1 aliphatic rings. The Morgan fingerprint density at radius 3 is 2.53 bits per heavy atom. The van der Waals surface area contributed by atoms with Crippen LogP contribution < -0.4 is 10.6 Å². The Morgan fingerprint density at radius 2 is 1.88 bits per heavy atom. The van der Waals surface area contributed by atoms with E-state index in [0.29, 0.717) is 6.04 Å². The molecule has 0 bridgehead atoms. The molecular weight excluding hydrogens is 212 g/mol. The summed E-state index contributed by atoms with van der Waals surface area (Å²) in [4.78, 5) is 11.9. The first-order valence-electron chi connectivity index (χ1n) is 6.37. The molecule has 1 aromatic rings. The molecule has 0 aromatic heterocycles. The number of rotatable bonds is 4. The van der Waals surface area contributed by atoms with Crippen molar-refractivity contribution < 1.29 is 4.79 Å².